The van der Waals surface area contributed by atoms with Crippen LogP contribution in [0.25, 0.3) is 11.5 Å². The summed E-state index contributed by atoms with van der Waals surface area (Å²) in [5.41, 5.74) is 0.514. The van der Waals surface area contributed by atoms with E-state index < -0.39 is 13.0 Å². The van der Waals surface area contributed by atoms with Crippen molar-refractivity contribution in [1.29, 1.82) is 0 Å². The summed E-state index contributed by atoms with van der Waals surface area (Å²) in [6, 6.07) is 5.07. The van der Waals surface area contributed by atoms with Crippen molar-refractivity contribution < 1.29 is 22.8 Å². The summed E-state index contributed by atoms with van der Waals surface area (Å²) in [6.45, 7) is -0.249. The van der Waals surface area contributed by atoms with E-state index in [9.17, 15) is 8.78 Å². The van der Waals surface area contributed by atoms with Crippen LogP contribution in [0.3, 0.4) is 0 Å². The Bertz CT molecular complexity index is 485. The zero-order valence-electron chi connectivity index (χ0n) is 10.1. The maximum absolute atomic E-state index is 12.4. The normalized spacial score (nSPS) is 11.6. The van der Waals surface area contributed by atoms with Crippen LogP contribution in [0.5, 0.6) is 0 Å². The molecule has 0 aromatic carbocycles. The van der Waals surface area contributed by atoms with E-state index in [-0.39, 0.29) is 19.7 Å². The molecule has 0 spiro atoms. The molecule has 2 aromatic heterocycles. The molecule has 2 rings (SSSR count). The van der Waals surface area contributed by atoms with Crippen molar-refractivity contribution in [2.75, 3.05) is 19.7 Å². The third kappa shape index (κ3) is 3.87. The number of hydrogen-bond acceptors (Lipinski definition) is 5. The van der Waals surface area contributed by atoms with Gasteiger partial charge in [-0.25, -0.2) is 8.78 Å². The van der Waals surface area contributed by atoms with Crippen molar-refractivity contribution in [2.24, 2.45) is 0 Å². The van der Waals surface area contributed by atoms with Gasteiger partial charge in [0.25, 0.3) is 6.43 Å². The quantitative estimate of drug-likeness (QED) is 0.835. The Hall–Kier alpha value is -1.73. The maximum atomic E-state index is 12.4. The molecule has 0 saturated heterocycles. The molecule has 5 nitrogen and oxygen atoms in total. The van der Waals surface area contributed by atoms with Gasteiger partial charge in [0, 0.05) is 19.2 Å². The van der Waals surface area contributed by atoms with E-state index in [1.165, 1.54) is 11.2 Å². The predicted octanol–water partition coefficient (Wildman–Crippen LogP) is 1.99. The van der Waals surface area contributed by atoms with Crippen LogP contribution in [-0.2, 0) is 6.54 Å². The fourth-order valence-electron chi connectivity index (χ4n) is 1.72. The first kappa shape index (κ1) is 13.7. The lowest BCUT2D eigenvalue weighted by molar-refractivity contribution is 0.0735. The molecule has 2 heterocycles. The fourth-order valence-corrected chi connectivity index (χ4v) is 1.72. The van der Waals surface area contributed by atoms with Crippen LogP contribution >= 0.6 is 0 Å². The van der Waals surface area contributed by atoms with E-state index in [1.54, 1.807) is 18.2 Å². The third-order valence-corrected chi connectivity index (χ3v) is 2.52. The first-order valence-electron chi connectivity index (χ1n) is 5.80. The molecule has 2 aromatic rings. The first-order valence-corrected chi connectivity index (χ1v) is 5.80. The zero-order chi connectivity index (χ0) is 13.7. The lowest BCUT2D eigenvalue weighted by Gasteiger charge is -2.18. The molecule has 0 unspecified atom stereocenters. The van der Waals surface area contributed by atoms with Crippen LogP contribution in [0.2, 0.25) is 0 Å². The second-order valence-corrected chi connectivity index (χ2v) is 4.01. The number of hydrogen-bond donors (Lipinski definition) is 1. The lowest BCUT2D eigenvalue weighted by atomic mass is 10.3. The van der Waals surface area contributed by atoms with Crippen molar-refractivity contribution in [1.82, 2.24) is 10.1 Å². The van der Waals surface area contributed by atoms with Gasteiger partial charge in [0.15, 0.2) is 5.76 Å². The van der Waals surface area contributed by atoms with Gasteiger partial charge in [0.1, 0.15) is 0 Å². The molecule has 0 saturated carbocycles. The number of aromatic nitrogens is 1. The van der Waals surface area contributed by atoms with Crippen LogP contribution in [0.4, 0.5) is 8.78 Å². The Morgan fingerprint density at radius 2 is 2.21 bits per heavy atom. The highest BCUT2D eigenvalue weighted by atomic mass is 19.3. The maximum Gasteiger partial charge on any atom is 0.251 e. The molecule has 0 atom stereocenters. The number of aliphatic hydroxyl groups is 1. The fraction of sp³-hybridized carbons (Fsp3) is 0.417. The Balaban J connectivity index is 2.01. The van der Waals surface area contributed by atoms with Gasteiger partial charge in [0.05, 0.1) is 25.1 Å². The highest BCUT2D eigenvalue weighted by Crippen LogP contribution is 2.21. The minimum absolute atomic E-state index is 0.160. The minimum atomic E-state index is -2.46. The van der Waals surface area contributed by atoms with Gasteiger partial charge in [-0.05, 0) is 12.1 Å². The van der Waals surface area contributed by atoms with Gasteiger partial charge >= 0.3 is 0 Å². The van der Waals surface area contributed by atoms with Crippen molar-refractivity contribution in [3.05, 3.63) is 30.2 Å². The van der Waals surface area contributed by atoms with Crippen LogP contribution < -0.4 is 0 Å². The number of halogens is 2. The molecule has 1 N–H and O–H groups in total. The molecule has 19 heavy (non-hydrogen) atoms. The minimum Gasteiger partial charge on any atom is -0.461 e. The predicted molar refractivity (Wildman–Crippen MR) is 62.6 cm³/mol. The summed E-state index contributed by atoms with van der Waals surface area (Å²) in [5.74, 6) is 0.974. The van der Waals surface area contributed by atoms with Gasteiger partial charge in [-0.15, -0.1) is 0 Å². The number of alkyl halides is 2. The second-order valence-electron chi connectivity index (χ2n) is 4.01. The molecule has 0 aliphatic heterocycles. The Morgan fingerprint density at radius 1 is 1.37 bits per heavy atom. The van der Waals surface area contributed by atoms with Crippen molar-refractivity contribution in [3.8, 4) is 11.5 Å². The van der Waals surface area contributed by atoms with Crippen LogP contribution in [0.15, 0.2) is 33.4 Å². The molecule has 0 amide bonds. The largest absolute Gasteiger partial charge is 0.461 e. The molecule has 7 heteroatoms. The Labute approximate surface area is 108 Å². The number of aliphatic hydroxyl groups excluding tert-OH is 1. The topological polar surface area (TPSA) is 62.6 Å². The van der Waals surface area contributed by atoms with Crippen molar-refractivity contribution >= 4 is 0 Å². The summed E-state index contributed by atoms with van der Waals surface area (Å²) < 4.78 is 34.9. The second kappa shape index (κ2) is 6.44. The highest BCUT2D eigenvalue weighted by molar-refractivity contribution is 5.49. The summed E-state index contributed by atoms with van der Waals surface area (Å²) in [5, 5.41) is 12.6. The molecule has 0 aliphatic carbocycles. The van der Waals surface area contributed by atoms with E-state index in [0.29, 0.717) is 17.2 Å². The highest BCUT2D eigenvalue weighted by Gasteiger charge is 2.15. The molecule has 104 valence electrons. The number of rotatable bonds is 7. The average Bonchev–Trinajstić information content (AvgIpc) is 2.97. The molecular formula is C12H14F2N2O3. The third-order valence-electron chi connectivity index (χ3n) is 2.52. The SMILES string of the molecule is OCCN(Cc1cc(-c2ccco2)on1)CC(F)F. The summed E-state index contributed by atoms with van der Waals surface area (Å²) in [6.07, 6.45) is -0.949. The standard InChI is InChI=1S/C12H14F2N2O3/c13-12(14)8-16(3-4-17)7-9-6-11(19-15-9)10-2-1-5-18-10/h1-2,5-6,12,17H,3-4,7-8H2. The Morgan fingerprint density at radius 3 is 2.84 bits per heavy atom. The van der Waals surface area contributed by atoms with Crippen molar-refractivity contribution in [3.63, 3.8) is 0 Å². The summed E-state index contributed by atoms with van der Waals surface area (Å²) in [7, 11) is 0. The van der Waals surface area contributed by atoms with Crippen LogP contribution in [0, 0.1) is 0 Å². The van der Waals surface area contributed by atoms with E-state index in [1.807, 2.05) is 0 Å². The van der Waals surface area contributed by atoms with Crippen molar-refractivity contribution in [2.45, 2.75) is 13.0 Å². The smallest absolute Gasteiger partial charge is 0.251 e. The van der Waals surface area contributed by atoms with E-state index in [2.05, 4.69) is 5.16 Å². The van der Waals surface area contributed by atoms with Gasteiger partial charge in [0.2, 0.25) is 5.76 Å². The Kier molecular flexibility index (Phi) is 4.64. The monoisotopic (exact) mass is 272 g/mol. The zero-order valence-corrected chi connectivity index (χ0v) is 10.1. The molecule has 0 bridgehead atoms. The van der Waals surface area contributed by atoms with Gasteiger partial charge in [-0.2, -0.15) is 0 Å². The average molecular weight is 272 g/mol. The van der Waals surface area contributed by atoms with Crippen LogP contribution in [-0.4, -0.2) is 41.3 Å². The summed E-state index contributed by atoms with van der Waals surface area (Å²) in [4.78, 5) is 1.41. The van der Waals surface area contributed by atoms with Crippen LogP contribution in [0.1, 0.15) is 5.69 Å². The first-order chi connectivity index (χ1) is 9.19. The summed E-state index contributed by atoms with van der Waals surface area (Å²) >= 11 is 0. The molecular weight excluding hydrogens is 258 g/mol. The van der Waals surface area contributed by atoms with E-state index in [0.717, 1.165) is 0 Å². The molecule has 0 radical (unpaired) electrons. The molecule has 0 fully saturated rings. The number of furan rings is 1. The van der Waals surface area contributed by atoms with Gasteiger partial charge < -0.3 is 14.0 Å². The lowest BCUT2D eigenvalue weighted by Crippen LogP contribution is -2.31. The van der Waals surface area contributed by atoms with E-state index >= 15 is 0 Å². The van der Waals surface area contributed by atoms with E-state index in [4.69, 9.17) is 14.0 Å². The number of nitrogens with zero attached hydrogens (tertiary/aromatic N) is 2. The van der Waals surface area contributed by atoms with Gasteiger partial charge in [-0.3, -0.25) is 4.90 Å². The molecule has 0 aliphatic rings. The van der Waals surface area contributed by atoms with Gasteiger partial charge in [-0.1, -0.05) is 5.16 Å².